The molecule has 0 radical (unpaired) electrons. The van der Waals surface area contributed by atoms with Gasteiger partial charge in [-0.1, -0.05) is 11.6 Å². The van der Waals surface area contributed by atoms with Crippen LogP contribution in [0.1, 0.15) is 18.1 Å². The van der Waals surface area contributed by atoms with Gasteiger partial charge in [-0.05, 0) is 19.4 Å². The monoisotopic (exact) mass is 242 g/mol. The molecule has 0 saturated carbocycles. The van der Waals surface area contributed by atoms with Crippen LogP contribution >= 0.6 is 11.6 Å². The Labute approximate surface area is 100 Å². The van der Waals surface area contributed by atoms with E-state index in [0.29, 0.717) is 22.9 Å². The molecule has 0 atom stereocenters. The number of Topliss-reactive ketones (excluding diaryl/α,β-unsaturated/α-hetero) is 1. The average molecular weight is 243 g/mol. The number of rotatable bonds is 4. The molecule has 0 amide bonds. The molecule has 88 valence electrons. The Bertz CT molecular complexity index is 413. The second kappa shape index (κ2) is 5.21. The molecule has 4 heteroatoms. The largest absolute Gasteiger partial charge is 0.493 e. The first-order valence-corrected chi connectivity index (χ1v) is 5.28. The molecular weight excluding hydrogens is 228 g/mol. The van der Waals surface area contributed by atoms with Crippen molar-refractivity contribution in [1.82, 2.24) is 0 Å². The Morgan fingerprint density at radius 1 is 1.38 bits per heavy atom. The van der Waals surface area contributed by atoms with E-state index in [4.69, 9.17) is 21.1 Å². The topological polar surface area (TPSA) is 35.5 Å². The van der Waals surface area contributed by atoms with Crippen molar-refractivity contribution in [3.63, 3.8) is 0 Å². The minimum Gasteiger partial charge on any atom is -0.493 e. The number of benzene rings is 1. The molecule has 16 heavy (non-hydrogen) atoms. The van der Waals surface area contributed by atoms with Gasteiger partial charge in [0.05, 0.1) is 14.2 Å². The van der Waals surface area contributed by atoms with E-state index in [2.05, 4.69) is 0 Å². The van der Waals surface area contributed by atoms with Crippen LogP contribution in [0.25, 0.3) is 0 Å². The van der Waals surface area contributed by atoms with Crippen LogP contribution in [0.2, 0.25) is 5.02 Å². The lowest BCUT2D eigenvalue weighted by atomic mass is 10.0. The van der Waals surface area contributed by atoms with E-state index in [1.807, 2.05) is 6.92 Å². The predicted octanol–water partition coefficient (Wildman–Crippen LogP) is 2.80. The summed E-state index contributed by atoms with van der Waals surface area (Å²) in [5, 5.41) is 0.578. The number of carbonyl (C=O) groups excluding carboxylic acids is 1. The van der Waals surface area contributed by atoms with E-state index in [1.54, 1.807) is 20.3 Å². The summed E-state index contributed by atoms with van der Waals surface area (Å²) in [5.41, 5.74) is 1.65. The first-order chi connectivity index (χ1) is 7.51. The van der Waals surface area contributed by atoms with Gasteiger partial charge in [0.15, 0.2) is 11.5 Å². The molecule has 0 heterocycles. The summed E-state index contributed by atoms with van der Waals surface area (Å²) in [6.07, 6.45) is 0.298. The molecule has 1 aromatic rings. The zero-order valence-corrected chi connectivity index (χ0v) is 10.6. The molecule has 0 aromatic heterocycles. The van der Waals surface area contributed by atoms with Gasteiger partial charge in [-0.3, -0.25) is 4.79 Å². The summed E-state index contributed by atoms with van der Waals surface area (Å²) in [6, 6.07) is 1.69. The van der Waals surface area contributed by atoms with Gasteiger partial charge in [0.25, 0.3) is 0 Å². The van der Waals surface area contributed by atoms with Crippen molar-refractivity contribution in [3.05, 3.63) is 22.2 Å². The Morgan fingerprint density at radius 2 is 2.00 bits per heavy atom. The summed E-state index contributed by atoms with van der Waals surface area (Å²) in [4.78, 5) is 11.2. The van der Waals surface area contributed by atoms with Crippen LogP contribution in [0.4, 0.5) is 0 Å². The molecule has 1 rings (SSSR count). The van der Waals surface area contributed by atoms with Crippen molar-refractivity contribution in [2.24, 2.45) is 0 Å². The summed E-state index contributed by atoms with van der Waals surface area (Å²) < 4.78 is 10.4. The summed E-state index contributed by atoms with van der Waals surface area (Å²) in [7, 11) is 3.09. The van der Waals surface area contributed by atoms with Gasteiger partial charge in [0.1, 0.15) is 5.78 Å². The fraction of sp³-hybridized carbons (Fsp3) is 0.417. The van der Waals surface area contributed by atoms with Gasteiger partial charge < -0.3 is 9.47 Å². The van der Waals surface area contributed by atoms with Gasteiger partial charge in [0.2, 0.25) is 0 Å². The Morgan fingerprint density at radius 3 is 2.44 bits per heavy atom. The van der Waals surface area contributed by atoms with Crippen LogP contribution in [-0.4, -0.2) is 20.0 Å². The molecule has 0 spiro atoms. The summed E-state index contributed by atoms with van der Waals surface area (Å²) in [5.74, 6) is 1.19. The fourth-order valence-corrected chi connectivity index (χ4v) is 1.80. The number of hydrogen-bond donors (Lipinski definition) is 0. The number of carbonyl (C=O) groups is 1. The van der Waals surface area contributed by atoms with E-state index in [0.717, 1.165) is 11.1 Å². The Balaban J connectivity index is 3.40. The maximum Gasteiger partial charge on any atom is 0.164 e. The first kappa shape index (κ1) is 12.8. The highest BCUT2D eigenvalue weighted by Gasteiger charge is 2.17. The third-order valence-corrected chi connectivity index (χ3v) is 2.81. The minimum absolute atomic E-state index is 0.0609. The van der Waals surface area contributed by atoms with Crippen molar-refractivity contribution in [3.8, 4) is 11.5 Å². The lowest BCUT2D eigenvalue weighted by molar-refractivity contribution is -0.116. The van der Waals surface area contributed by atoms with E-state index in [-0.39, 0.29) is 5.78 Å². The van der Waals surface area contributed by atoms with Gasteiger partial charge in [-0.25, -0.2) is 0 Å². The molecule has 0 fully saturated rings. The van der Waals surface area contributed by atoms with Gasteiger partial charge in [-0.2, -0.15) is 0 Å². The molecule has 0 aliphatic rings. The van der Waals surface area contributed by atoms with Gasteiger partial charge in [0, 0.05) is 23.1 Å². The van der Waals surface area contributed by atoms with Crippen LogP contribution in [0.3, 0.4) is 0 Å². The molecule has 0 aliphatic heterocycles. The van der Waals surface area contributed by atoms with Crippen LogP contribution in [-0.2, 0) is 11.2 Å². The normalized spacial score (nSPS) is 10.1. The lowest BCUT2D eigenvalue weighted by Crippen LogP contribution is -2.04. The van der Waals surface area contributed by atoms with Gasteiger partial charge in [-0.15, -0.1) is 0 Å². The number of halogens is 1. The van der Waals surface area contributed by atoms with E-state index >= 15 is 0 Å². The maximum atomic E-state index is 11.2. The highest BCUT2D eigenvalue weighted by atomic mass is 35.5. The smallest absolute Gasteiger partial charge is 0.164 e. The quantitative estimate of drug-likeness (QED) is 0.815. The van der Waals surface area contributed by atoms with Crippen molar-refractivity contribution in [2.75, 3.05) is 14.2 Å². The van der Waals surface area contributed by atoms with Gasteiger partial charge >= 0.3 is 0 Å². The Hall–Kier alpha value is -1.22. The van der Waals surface area contributed by atoms with E-state index in [9.17, 15) is 4.79 Å². The van der Waals surface area contributed by atoms with Crippen molar-refractivity contribution < 1.29 is 14.3 Å². The van der Waals surface area contributed by atoms with Crippen LogP contribution in [0.5, 0.6) is 11.5 Å². The van der Waals surface area contributed by atoms with Crippen molar-refractivity contribution >= 4 is 17.4 Å². The highest BCUT2D eigenvalue weighted by Crippen LogP contribution is 2.38. The minimum atomic E-state index is 0.0609. The summed E-state index contributed by atoms with van der Waals surface area (Å²) in [6.45, 7) is 3.40. The second-order valence-electron chi connectivity index (χ2n) is 3.58. The zero-order valence-electron chi connectivity index (χ0n) is 9.89. The van der Waals surface area contributed by atoms with E-state index in [1.165, 1.54) is 6.92 Å². The number of hydrogen-bond acceptors (Lipinski definition) is 3. The van der Waals surface area contributed by atoms with Crippen LogP contribution in [0, 0.1) is 6.92 Å². The maximum absolute atomic E-state index is 11.2. The molecule has 0 unspecified atom stereocenters. The second-order valence-corrected chi connectivity index (χ2v) is 3.98. The standard InChI is InChI=1S/C12H15ClO3/c1-7(14)5-9-8(2)10(13)6-11(15-3)12(9)16-4/h6H,5H2,1-4H3. The molecule has 1 aromatic carbocycles. The molecular formula is C12H15ClO3. The third-order valence-electron chi connectivity index (χ3n) is 2.42. The third kappa shape index (κ3) is 2.47. The number of methoxy groups -OCH3 is 2. The SMILES string of the molecule is COc1cc(Cl)c(C)c(CC(C)=O)c1OC. The predicted molar refractivity (Wildman–Crippen MR) is 63.7 cm³/mol. The van der Waals surface area contributed by atoms with Crippen LogP contribution < -0.4 is 9.47 Å². The molecule has 0 bridgehead atoms. The molecule has 0 aliphatic carbocycles. The average Bonchev–Trinajstić information content (AvgIpc) is 2.23. The number of ketones is 1. The zero-order chi connectivity index (χ0) is 12.3. The Kier molecular flexibility index (Phi) is 4.19. The van der Waals surface area contributed by atoms with Crippen molar-refractivity contribution in [1.29, 1.82) is 0 Å². The molecule has 0 N–H and O–H groups in total. The lowest BCUT2D eigenvalue weighted by Gasteiger charge is -2.15. The number of ether oxygens (including phenoxy) is 2. The summed E-state index contributed by atoms with van der Waals surface area (Å²) >= 11 is 6.06. The van der Waals surface area contributed by atoms with Crippen LogP contribution in [0.15, 0.2) is 6.07 Å². The molecule has 0 saturated heterocycles. The molecule has 3 nitrogen and oxygen atoms in total. The highest BCUT2D eigenvalue weighted by molar-refractivity contribution is 6.31. The van der Waals surface area contributed by atoms with E-state index < -0.39 is 0 Å². The first-order valence-electron chi connectivity index (χ1n) is 4.90. The van der Waals surface area contributed by atoms with Crippen molar-refractivity contribution in [2.45, 2.75) is 20.3 Å². The fourth-order valence-electron chi connectivity index (χ4n) is 1.59.